The first-order valence-electron chi connectivity index (χ1n) is 7.61. The van der Waals surface area contributed by atoms with E-state index in [1.807, 2.05) is 5.38 Å². The Morgan fingerprint density at radius 2 is 1.96 bits per heavy atom. The third kappa shape index (κ3) is 3.91. The van der Waals surface area contributed by atoms with Crippen LogP contribution in [0.25, 0.3) is 9.88 Å². The van der Waals surface area contributed by atoms with Crippen LogP contribution in [0.1, 0.15) is 31.0 Å². The van der Waals surface area contributed by atoms with Crippen LogP contribution in [0.5, 0.6) is 0 Å². The molecule has 1 N–H and O–H groups in total. The highest BCUT2D eigenvalue weighted by Gasteiger charge is 2.20. The molecule has 0 saturated carbocycles. The summed E-state index contributed by atoms with van der Waals surface area (Å²) in [6.07, 6.45) is 0. The minimum Gasteiger partial charge on any atom is -0.276 e. The maximum absolute atomic E-state index is 13.9. The first-order valence-corrected chi connectivity index (χ1v) is 10.8. The molecule has 0 fully saturated rings. The fourth-order valence-corrected chi connectivity index (χ4v) is 5.57. The minimum atomic E-state index is -3.84. The Hall–Kier alpha value is -1.77. The highest BCUT2D eigenvalue weighted by molar-refractivity contribution is 7.94. The van der Waals surface area contributed by atoms with Crippen molar-refractivity contribution < 1.29 is 12.8 Å². The summed E-state index contributed by atoms with van der Waals surface area (Å²) < 4.78 is 41.4. The number of hydrogen-bond donors (Lipinski definition) is 1. The number of halogens is 1. The summed E-state index contributed by atoms with van der Waals surface area (Å²) in [6, 6.07) is 7.62. The molecule has 3 rings (SSSR count). The van der Waals surface area contributed by atoms with E-state index in [9.17, 15) is 12.8 Å². The molecular weight excluding hydrogens is 379 g/mol. The van der Waals surface area contributed by atoms with E-state index in [0.717, 1.165) is 32.5 Å². The van der Waals surface area contributed by atoms with Crippen molar-refractivity contribution in [3.63, 3.8) is 0 Å². The van der Waals surface area contributed by atoms with Crippen LogP contribution in [-0.4, -0.2) is 13.4 Å². The molecule has 0 aliphatic heterocycles. The molecule has 4 nitrogen and oxygen atoms in total. The number of nitrogens with one attached hydrogen (secondary N) is 1. The Morgan fingerprint density at radius 1 is 1.20 bits per heavy atom. The van der Waals surface area contributed by atoms with E-state index in [0.29, 0.717) is 5.92 Å². The monoisotopic (exact) mass is 396 g/mol. The van der Waals surface area contributed by atoms with Gasteiger partial charge in [0.15, 0.2) is 0 Å². The number of nitrogens with zero attached hydrogens (tertiary/aromatic N) is 1. The summed E-state index contributed by atoms with van der Waals surface area (Å²) in [7, 11) is -3.84. The largest absolute Gasteiger partial charge is 0.276 e. The molecule has 8 heteroatoms. The van der Waals surface area contributed by atoms with Crippen molar-refractivity contribution in [1.29, 1.82) is 0 Å². The zero-order chi connectivity index (χ0) is 18.2. The standard InChI is InChI=1S/C17H17FN2O2S3/c1-10(2)14-9-23-17(19-14)15-6-7-16(24-15)25(21,22)20-13-5-4-11(3)8-12(13)18/h4-10,20H,1-3H3. The fourth-order valence-electron chi connectivity index (χ4n) is 2.14. The second-order valence-electron chi connectivity index (χ2n) is 5.94. The van der Waals surface area contributed by atoms with E-state index in [4.69, 9.17) is 0 Å². The van der Waals surface area contributed by atoms with Crippen LogP contribution in [-0.2, 0) is 10.0 Å². The van der Waals surface area contributed by atoms with Gasteiger partial charge in [-0.05, 0) is 42.7 Å². The summed E-state index contributed by atoms with van der Waals surface area (Å²) >= 11 is 2.61. The lowest BCUT2D eigenvalue weighted by atomic mass is 10.2. The molecule has 0 saturated heterocycles. The van der Waals surface area contributed by atoms with E-state index in [1.54, 1.807) is 19.1 Å². The molecule has 0 spiro atoms. The molecule has 0 aliphatic carbocycles. The van der Waals surface area contributed by atoms with Gasteiger partial charge in [-0.3, -0.25) is 4.72 Å². The zero-order valence-corrected chi connectivity index (χ0v) is 16.4. The van der Waals surface area contributed by atoms with Crippen molar-refractivity contribution in [3.05, 3.63) is 52.8 Å². The smallest absolute Gasteiger partial charge is 0.271 e. The molecule has 2 heterocycles. The van der Waals surface area contributed by atoms with E-state index in [2.05, 4.69) is 23.6 Å². The number of rotatable bonds is 5. The highest BCUT2D eigenvalue weighted by Crippen LogP contribution is 2.34. The SMILES string of the molecule is Cc1ccc(NS(=O)(=O)c2ccc(-c3nc(C(C)C)cs3)s2)c(F)c1. The van der Waals surface area contributed by atoms with Gasteiger partial charge in [-0.2, -0.15) is 0 Å². The van der Waals surface area contributed by atoms with E-state index in [1.165, 1.54) is 29.5 Å². The number of benzene rings is 1. The Balaban J connectivity index is 1.87. The van der Waals surface area contributed by atoms with Crippen molar-refractivity contribution in [3.8, 4) is 9.88 Å². The lowest BCUT2D eigenvalue weighted by Crippen LogP contribution is -2.12. The van der Waals surface area contributed by atoms with Crippen LogP contribution < -0.4 is 4.72 Å². The Kier molecular flexibility index (Phi) is 4.95. The van der Waals surface area contributed by atoms with Crippen molar-refractivity contribution in [1.82, 2.24) is 4.98 Å². The molecule has 0 atom stereocenters. The van der Waals surface area contributed by atoms with Gasteiger partial charge < -0.3 is 0 Å². The predicted molar refractivity (Wildman–Crippen MR) is 101 cm³/mol. The number of sulfonamides is 1. The van der Waals surface area contributed by atoms with Gasteiger partial charge in [0.1, 0.15) is 15.0 Å². The molecule has 1 aromatic carbocycles. The second kappa shape index (κ2) is 6.86. The second-order valence-corrected chi connectivity index (χ2v) is 9.79. The number of thiazole rings is 1. The molecular formula is C17H17FN2O2S3. The van der Waals surface area contributed by atoms with E-state index < -0.39 is 15.8 Å². The van der Waals surface area contributed by atoms with Crippen LogP contribution in [0.4, 0.5) is 10.1 Å². The Labute approximate surface area is 154 Å². The predicted octanol–water partition coefficient (Wildman–Crippen LogP) is 5.24. The lowest BCUT2D eigenvalue weighted by Gasteiger charge is -2.07. The molecule has 0 unspecified atom stereocenters. The maximum Gasteiger partial charge on any atom is 0.271 e. The van der Waals surface area contributed by atoms with Gasteiger partial charge in [-0.1, -0.05) is 19.9 Å². The molecule has 0 amide bonds. The van der Waals surface area contributed by atoms with Crippen molar-refractivity contribution in [2.75, 3.05) is 4.72 Å². The number of thiophene rings is 1. The number of anilines is 1. The van der Waals surface area contributed by atoms with Crippen molar-refractivity contribution in [2.45, 2.75) is 30.9 Å². The summed E-state index contributed by atoms with van der Waals surface area (Å²) in [4.78, 5) is 5.32. The fraction of sp³-hybridized carbons (Fsp3) is 0.235. The van der Waals surface area contributed by atoms with Gasteiger partial charge in [-0.15, -0.1) is 22.7 Å². The molecule has 3 aromatic rings. The van der Waals surface area contributed by atoms with Gasteiger partial charge in [0.25, 0.3) is 10.0 Å². The van der Waals surface area contributed by atoms with Crippen LogP contribution in [0, 0.1) is 12.7 Å². The van der Waals surface area contributed by atoms with Crippen LogP contribution in [0.15, 0.2) is 39.9 Å². The topological polar surface area (TPSA) is 59.1 Å². The van der Waals surface area contributed by atoms with Crippen LogP contribution in [0.2, 0.25) is 0 Å². The number of aryl methyl sites for hydroxylation is 1. The molecule has 132 valence electrons. The third-order valence-corrected chi connectivity index (χ3v) is 7.51. The Morgan fingerprint density at radius 3 is 2.60 bits per heavy atom. The lowest BCUT2D eigenvalue weighted by molar-refractivity contribution is 0.600. The van der Waals surface area contributed by atoms with Gasteiger partial charge in [0.05, 0.1) is 16.3 Å². The van der Waals surface area contributed by atoms with Crippen LogP contribution in [0.3, 0.4) is 0 Å². The zero-order valence-electron chi connectivity index (χ0n) is 13.9. The summed E-state index contributed by atoms with van der Waals surface area (Å²) in [5.41, 5.74) is 1.65. The highest BCUT2D eigenvalue weighted by atomic mass is 32.2. The molecule has 0 radical (unpaired) electrons. The normalized spacial score (nSPS) is 11.9. The van der Waals surface area contributed by atoms with Gasteiger partial charge >= 0.3 is 0 Å². The molecule has 25 heavy (non-hydrogen) atoms. The summed E-state index contributed by atoms with van der Waals surface area (Å²) in [6.45, 7) is 5.86. The molecule has 0 aliphatic rings. The average molecular weight is 397 g/mol. The van der Waals surface area contributed by atoms with E-state index >= 15 is 0 Å². The number of aromatic nitrogens is 1. The van der Waals surface area contributed by atoms with E-state index in [-0.39, 0.29) is 9.90 Å². The molecule has 0 bridgehead atoms. The van der Waals surface area contributed by atoms with Crippen molar-refractivity contribution in [2.24, 2.45) is 0 Å². The molecule has 2 aromatic heterocycles. The minimum absolute atomic E-state index is 0.0584. The van der Waals surface area contributed by atoms with Crippen molar-refractivity contribution >= 4 is 38.4 Å². The summed E-state index contributed by atoms with van der Waals surface area (Å²) in [5.74, 6) is -0.277. The Bertz CT molecular complexity index is 1010. The van der Waals surface area contributed by atoms with Crippen LogP contribution >= 0.6 is 22.7 Å². The van der Waals surface area contributed by atoms with Gasteiger partial charge in [0.2, 0.25) is 0 Å². The van der Waals surface area contributed by atoms with Gasteiger partial charge in [0, 0.05) is 5.38 Å². The third-order valence-electron chi connectivity index (χ3n) is 3.54. The maximum atomic E-state index is 13.9. The first kappa shape index (κ1) is 18.0. The summed E-state index contributed by atoms with van der Waals surface area (Å²) in [5, 5.41) is 2.77. The number of hydrogen-bond acceptors (Lipinski definition) is 5. The van der Waals surface area contributed by atoms with Gasteiger partial charge in [-0.25, -0.2) is 17.8 Å². The average Bonchev–Trinajstić information content (AvgIpc) is 3.18. The quantitative estimate of drug-likeness (QED) is 0.641. The first-order chi connectivity index (χ1) is 11.8.